The van der Waals surface area contributed by atoms with Crippen LogP contribution in [0.3, 0.4) is 0 Å². The van der Waals surface area contributed by atoms with Gasteiger partial charge in [0.2, 0.25) is 0 Å². The summed E-state index contributed by atoms with van der Waals surface area (Å²) in [6, 6.07) is 0. The molecule has 0 spiro atoms. The van der Waals surface area contributed by atoms with Crippen LogP contribution >= 0.6 is 0 Å². The Morgan fingerprint density at radius 2 is 1.92 bits per heavy atom. The van der Waals surface area contributed by atoms with Crippen LogP contribution in [0.25, 0.3) is 0 Å². The first-order valence-corrected chi connectivity index (χ1v) is 3.27. The molecular formula is C7H5N2O4-. The summed E-state index contributed by atoms with van der Waals surface area (Å²) in [6.07, 6.45) is 2.12. The van der Waals surface area contributed by atoms with Crippen LogP contribution in [0.4, 0.5) is 0 Å². The minimum absolute atomic E-state index is 0.0903. The lowest BCUT2D eigenvalue weighted by Crippen LogP contribution is -2.25. The van der Waals surface area contributed by atoms with Crippen molar-refractivity contribution in [2.45, 2.75) is 0 Å². The highest BCUT2D eigenvalue weighted by atomic mass is 16.5. The molecule has 0 aromatic carbocycles. The summed E-state index contributed by atoms with van der Waals surface area (Å²) < 4.78 is 4.35. The van der Waals surface area contributed by atoms with Crippen molar-refractivity contribution in [2.24, 2.45) is 0 Å². The van der Waals surface area contributed by atoms with Gasteiger partial charge in [0.25, 0.3) is 0 Å². The van der Waals surface area contributed by atoms with E-state index in [1.807, 2.05) is 0 Å². The maximum atomic E-state index is 10.8. The number of aromatic nitrogens is 2. The predicted octanol–water partition coefficient (Wildman–Crippen LogP) is -1.37. The van der Waals surface area contributed by atoms with Gasteiger partial charge in [-0.05, 0) is 0 Å². The van der Waals surface area contributed by atoms with Crippen LogP contribution < -0.4 is 5.11 Å². The smallest absolute Gasteiger partial charge is 0.341 e. The number of esters is 1. The van der Waals surface area contributed by atoms with Crippen LogP contribution in [-0.4, -0.2) is 29.0 Å². The Morgan fingerprint density at radius 1 is 1.38 bits per heavy atom. The van der Waals surface area contributed by atoms with E-state index in [0.29, 0.717) is 0 Å². The van der Waals surface area contributed by atoms with Crippen LogP contribution in [0.2, 0.25) is 0 Å². The van der Waals surface area contributed by atoms with Gasteiger partial charge in [-0.25, -0.2) is 14.8 Å². The molecule has 0 amide bonds. The summed E-state index contributed by atoms with van der Waals surface area (Å²) in [6.45, 7) is 0. The van der Waals surface area contributed by atoms with Gasteiger partial charge in [0, 0.05) is 12.4 Å². The highest BCUT2D eigenvalue weighted by molar-refractivity contribution is 5.89. The van der Waals surface area contributed by atoms with Crippen LogP contribution in [0.1, 0.15) is 21.0 Å². The van der Waals surface area contributed by atoms with Gasteiger partial charge in [0.05, 0.1) is 12.7 Å². The summed E-state index contributed by atoms with van der Waals surface area (Å²) in [5.41, 5.74) is 0.0903. The zero-order valence-electron chi connectivity index (χ0n) is 6.68. The van der Waals surface area contributed by atoms with E-state index in [1.165, 1.54) is 7.11 Å². The molecule has 68 valence electrons. The maximum absolute atomic E-state index is 10.8. The Labute approximate surface area is 73.2 Å². The number of nitrogens with zero attached hydrogens (tertiary/aromatic N) is 2. The van der Waals surface area contributed by atoms with Crippen molar-refractivity contribution in [3.63, 3.8) is 0 Å². The second-order valence-corrected chi connectivity index (χ2v) is 2.07. The summed E-state index contributed by atoms with van der Waals surface area (Å²) in [5.74, 6) is -2.58. The average Bonchev–Trinajstić information content (AvgIpc) is 2.17. The first kappa shape index (κ1) is 9.11. The highest BCUT2D eigenvalue weighted by Crippen LogP contribution is 1.97. The van der Waals surface area contributed by atoms with Crippen molar-refractivity contribution in [1.29, 1.82) is 0 Å². The Hall–Kier alpha value is -1.98. The number of carboxylic acids is 1. The fourth-order valence-corrected chi connectivity index (χ4v) is 0.657. The lowest BCUT2D eigenvalue weighted by Gasteiger charge is -2.00. The Kier molecular flexibility index (Phi) is 2.53. The van der Waals surface area contributed by atoms with Crippen LogP contribution in [0.15, 0.2) is 12.4 Å². The molecule has 1 aromatic heterocycles. The number of rotatable bonds is 2. The number of hydrogen-bond donors (Lipinski definition) is 0. The minimum Gasteiger partial charge on any atom is -0.542 e. The largest absolute Gasteiger partial charge is 0.542 e. The van der Waals surface area contributed by atoms with Gasteiger partial charge in [-0.1, -0.05) is 0 Å². The van der Waals surface area contributed by atoms with Gasteiger partial charge in [-0.2, -0.15) is 0 Å². The summed E-state index contributed by atoms with van der Waals surface area (Å²) in [7, 11) is 1.20. The fourth-order valence-electron chi connectivity index (χ4n) is 0.657. The van der Waals surface area contributed by atoms with Gasteiger partial charge in [0.15, 0.2) is 5.82 Å². The molecule has 1 heterocycles. The molecule has 1 aromatic rings. The second kappa shape index (κ2) is 3.61. The first-order valence-electron chi connectivity index (χ1n) is 3.27. The minimum atomic E-state index is -1.49. The van der Waals surface area contributed by atoms with Gasteiger partial charge in [-0.3, -0.25) is 0 Å². The van der Waals surface area contributed by atoms with Crippen molar-refractivity contribution in [2.75, 3.05) is 7.11 Å². The zero-order valence-corrected chi connectivity index (χ0v) is 6.68. The lowest BCUT2D eigenvalue weighted by atomic mass is 10.3. The number of aromatic carboxylic acids is 1. The Bertz CT molecular complexity index is 333. The number of ether oxygens (including phenoxy) is 1. The molecule has 0 bridgehead atoms. The fraction of sp³-hybridized carbons (Fsp3) is 0.143. The molecular weight excluding hydrogens is 176 g/mol. The third kappa shape index (κ3) is 1.98. The summed E-state index contributed by atoms with van der Waals surface area (Å²) >= 11 is 0. The molecule has 0 saturated heterocycles. The summed E-state index contributed by atoms with van der Waals surface area (Å²) in [5, 5.41) is 10.2. The number of carbonyl (C=O) groups excluding carboxylic acids is 2. The number of carbonyl (C=O) groups is 2. The molecule has 1 rings (SSSR count). The Balaban J connectivity index is 2.93. The van der Waals surface area contributed by atoms with E-state index in [0.717, 1.165) is 12.4 Å². The molecule has 0 unspecified atom stereocenters. The van der Waals surface area contributed by atoms with Gasteiger partial charge >= 0.3 is 5.97 Å². The van der Waals surface area contributed by atoms with E-state index in [9.17, 15) is 14.7 Å². The number of carboxylic acid groups (broad SMARTS) is 1. The average molecular weight is 181 g/mol. The Morgan fingerprint density at radius 3 is 2.31 bits per heavy atom. The van der Waals surface area contributed by atoms with Crippen molar-refractivity contribution in [3.05, 3.63) is 23.8 Å². The van der Waals surface area contributed by atoms with E-state index in [2.05, 4.69) is 14.7 Å². The molecule has 0 fully saturated rings. The first-order chi connectivity index (χ1) is 6.15. The monoisotopic (exact) mass is 181 g/mol. The number of hydrogen-bond acceptors (Lipinski definition) is 6. The topological polar surface area (TPSA) is 92.2 Å². The zero-order chi connectivity index (χ0) is 9.84. The van der Waals surface area contributed by atoms with Gasteiger partial charge in [-0.15, -0.1) is 0 Å². The molecule has 0 saturated carbocycles. The molecule has 0 atom stereocenters. The van der Waals surface area contributed by atoms with Gasteiger partial charge < -0.3 is 14.6 Å². The van der Waals surface area contributed by atoms with E-state index >= 15 is 0 Å². The van der Waals surface area contributed by atoms with Crippen LogP contribution in [-0.2, 0) is 4.74 Å². The molecule has 0 aliphatic rings. The van der Waals surface area contributed by atoms with E-state index in [1.54, 1.807) is 0 Å². The third-order valence-corrected chi connectivity index (χ3v) is 1.26. The van der Waals surface area contributed by atoms with Crippen molar-refractivity contribution < 1.29 is 19.4 Å². The molecule has 13 heavy (non-hydrogen) atoms. The van der Waals surface area contributed by atoms with Crippen molar-refractivity contribution in [1.82, 2.24) is 9.97 Å². The molecule has 0 aliphatic carbocycles. The second-order valence-electron chi connectivity index (χ2n) is 2.07. The lowest BCUT2D eigenvalue weighted by molar-refractivity contribution is -0.256. The molecule has 6 heteroatoms. The standard InChI is InChI=1S/C7H6N2O4/c1-13-7(12)4-2-8-5(6(10)11)9-3-4/h2-3H,1H3,(H,10,11)/p-1. The van der Waals surface area contributed by atoms with E-state index < -0.39 is 17.8 Å². The molecule has 0 N–H and O–H groups in total. The van der Waals surface area contributed by atoms with Crippen molar-refractivity contribution >= 4 is 11.9 Å². The van der Waals surface area contributed by atoms with Crippen molar-refractivity contribution in [3.8, 4) is 0 Å². The summed E-state index contributed by atoms with van der Waals surface area (Å²) in [4.78, 5) is 27.8. The SMILES string of the molecule is COC(=O)c1cnc(C(=O)[O-])nc1. The predicted molar refractivity (Wildman–Crippen MR) is 37.7 cm³/mol. The number of methoxy groups -OCH3 is 1. The van der Waals surface area contributed by atoms with Crippen LogP contribution in [0.5, 0.6) is 0 Å². The molecule has 6 nitrogen and oxygen atoms in total. The molecule has 0 radical (unpaired) electrons. The van der Waals surface area contributed by atoms with E-state index in [-0.39, 0.29) is 5.56 Å². The van der Waals surface area contributed by atoms with Crippen LogP contribution in [0, 0.1) is 0 Å². The third-order valence-electron chi connectivity index (χ3n) is 1.26. The van der Waals surface area contributed by atoms with Gasteiger partial charge in [0.1, 0.15) is 5.97 Å². The van der Waals surface area contributed by atoms with E-state index in [4.69, 9.17) is 0 Å². The molecule has 0 aliphatic heterocycles. The normalized spacial score (nSPS) is 9.31. The quantitative estimate of drug-likeness (QED) is 0.522. The maximum Gasteiger partial charge on any atom is 0.341 e. The highest BCUT2D eigenvalue weighted by Gasteiger charge is 2.06.